The van der Waals surface area contributed by atoms with Crippen LogP contribution < -0.4 is 19.9 Å². The van der Waals surface area contributed by atoms with Crippen LogP contribution in [0, 0.1) is 0 Å². The molecule has 1 atom stereocenters. The molecule has 5 heteroatoms. The van der Waals surface area contributed by atoms with Crippen LogP contribution in [0.3, 0.4) is 0 Å². The van der Waals surface area contributed by atoms with Crippen LogP contribution in [-0.4, -0.2) is 19.3 Å². The fourth-order valence-corrected chi connectivity index (χ4v) is 2.31. The van der Waals surface area contributed by atoms with Gasteiger partial charge in [-0.3, -0.25) is 0 Å². The maximum atomic E-state index is 5.95. The predicted octanol–water partition coefficient (Wildman–Crippen LogP) is 3.02. The monoisotopic (exact) mass is 305 g/mol. The van der Waals surface area contributed by atoms with Crippen LogP contribution >= 0.6 is 11.6 Å². The Labute approximate surface area is 128 Å². The van der Waals surface area contributed by atoms with E-state index in [9.17, 15) is 0 Å². The molecule has 0 radical (unpaired) electrons. The fourth-order valence-electron chi connectivity index (χ4n) is 2.10. The fraction of sp³-hybridized carbons (Fsp3) is 0.250. The smallest absolute Gasteiger partial charge is 0.165 e. The second-order valence-corrected chi connectivity index (χ2v) is 5.25. The topological polar surface area (TPSA) is 53.7 Å². The summed E-state index contributed by atoms with van der Waals surface area (Å²) in [4.78, 5) is 0. The van der Waals surface area contributed by atoms with E-state index in [0.29, 0.717) is 30.5 Å². The van der Waals surface area contributed by atoms with Gasteiger partial charge in [-0.2, -0.15) is 0 Å². The Morgan fingerprint density at radius 2 is 2.10 bits per heavy atom. The summed E-state index contributed by atoms with van der Waals surface area (Å²) in [5.41, 5.74) is 6.61. The van der Waals surface area contributed by atoms with E-state index in [4.69, 9.17) is 31.5 Å². The molecule has 0 saturated heterocycles. The Morgan fingerprint density at radius 1 is 1.19 bits per heavy atom. The minimum absolute atomic E-state index is 0.110. The molecule has 0 spiro atoms. The molecule has 0 bridgehead atoms. The van der Waals surface area contributed by atoms with Crippen LogP contribution in [0.15, 0.2) is 42.5 Å². The van der Waals surface area contributed by atoms with Crippen molar-refractivity contribution >= 4 is 11.6 Å². The quantitative estimate of drug-likeness (QED) is 0.943. The molecule has 21 heavy (non-hydrogen) atoms. The molecule has 2 N–H and O–H groups in total. The maximum Gasteiger partial charge on any atom is 0.165 e. The van der Waals surface area contributed by atoms with Crippen molar-refractivity contribution in [2.75, 3.05) is 13.2 Å². The van der Waals surface area contributed by atoms with E-state index in [0.717, 1.165) is 17.1 Å². The van der Waals surface area contributed by atoms with E-state index in [1.54, 1.807) is 0 Å². The summed E-state index contributed by atoms with van der Waals surface area (Å²) in [6.07, 6.45) is -0.110. The van der Waals surface area contributed by atoms with Crippen molar-refractivity contribution in [3.63, 3.8) is 0 Å². The third kappa shape index (κ3) is 3.40. The largest absolute Gasteiger partial charge is 0.489 e. The van der Waals surface area contributed by atoms with Gasteiger partial charge in [0, 0.05) is 17.6 Å². The summed E-state index contributed by atoms with van der Waals surface area (Å²) < 4.78 is 17.1. The molecule has 0 aliphatic carbocycles. The van der Waals surface area contributed by atoms with E-state index in [1.807, 2.05) is 42.5 Å². The number of nitrogens with two attached hydrogens (primary N) is 1. The zero-order valence-corrected chi connectivity index (χ0v) is 12.2. The molecular weight excluding hydrogens is 290 g/mol. The number of ether oxygens (including phenoxy) is 3. The number of hydrogen-bond donors (Lipinski definition) is 1. The van der Waals surface area contributed by atoms with Crippen molar-refractivity contribution in [2.45, 2.75) is 12.7 Å². The molecule has 0 saturated carbocycles. The van der Waals surface area contributed by atoms with Gasteiger partial charge in [0.25, 0.3) is 0 Å². The van der Waals surface area contributed by atoms with Gasteiger partial charge in [-0.15, -0.1) is 0 Å². The molecule has 2 aromatic rings. The summed E-state index contributed by atoms with van der Waals surface area (Å²) >= 11 is 5.95. The van der Waals surface area contributed by atoms with E-state index < -0.39 is 0 Å². The molecule has 110 valence electrons. The lowest BCUT2D eigenvalue weighted by atomic mass is 10.2. The molecule has 2 aromatic carbocycles. The Bertz CT molecular complexity index is 633. The minimum Gasteiger partial charge on any atom is -0.489 e. The zero-order valence-electron chi connectivity index (χ0n) is 11.4. The molecule has 1 heterocycles. The van der Waals surface area contributed by atoms with E-state index >= 15 is 0 Å². The SMILES string of the molecule is NC[C@@H]1COc2ccc(OCc3cccc(Cl)c3)cc2O1. The molecular formula is C16H16ClNO3. The minimum atomic E-state index is -0.110. The van der Waals surface area contributed by atoms with E-state index in [2.05, 4.69) is 0 Å². The van der Waals surface area contributed by atoms with Gasteiger partial charge >= 0.3 is 0 Å². The van der Waals surface area contributed by atoms with Crippen LogP contribution in [0.25, 0.3) is 0 Å². The van der Waals surface area contributed by atoms with Gasteiger partial charge in [0.05, 0.1) is 0 Å². The van der Waals surface area contributed by atoms with Crippen LogP contribution in [0.1, 0.15) is 5.56 Å². The first-order chi connectivity index (χ1) is 10.2. The zero-order chi connectivity index (χ0) is 14.7. The highest BCUT2D eigenvalue weighted by Crippen LogP contribution is 2.35. The molecule has 0 amide bonds. The summed E-state index contributed by atoms with van der Waals surface area (Å²) in [5.74, 6) is 2.10. The normalized spacial score (nSPS) is 16.6. The summed E-state index contributed by atoms with van der Waals surface area (Å²) in [7, 11) is 0. The highest BCUT2D eigenvalue weighted by atomic mass is 35.5. The predicted molar refractivity (Wildman–Crippen MR) is 81.2 cm³/mol. The van der Waals surface area contributed by atoms with Crippen molar-refractivity contribution in [3.05, 3.63) is 53.1 Å². The molecule has 1 aliphatic heterocycles. The van der Waals surface area contributed by atoms with E-state index in [1.165, 1.54) is 0 Å². The lowest BCUT2D eigenvalue weighted by Gasteiger charge is -2.25. The maximum absolute atomic E-state index is 5.95. The molecule has 0 aromatic heterocycles. The van der Waals surface area contributed by atoms with Crippen molar-refractivity contribution in [3.8, 4) is 17.2 Å². The highest BCUT2D eigenvalue weighted by molar-refractivity contribution is 6.30. The van der Waals surface area contributed by atoms with Gasteiger partial charge in [0.15, 0.2) is 11.5 Å². The average Bonchev–Trinajstić information content (AvgIpc) is 2.52. The number of halogens is 1. The Morgan fingerprint density at radius 3 is 2.90 bits per heavy atom. The first kappa shape index (κ1) is 14.0. The third-order valence-corrected chi connectivity index (χ3v) is 3.43. The number of rotatable bonds is 4. The number of benzene rings is 2. The van der Waals surface area contributed by atoms with Gasteiger partial charge in [0.2, 0.25) is 0 Å². The molecule has 0 fully saturated rings. The number of fused-ring (bicyclic) bond motifs is 1. The molecule has 4 nitrogen and oxygen atoms in total. The highest BCUT2D eigenvalue weighted by Gasteiger charge is 2.20. The van der Waals surface area contributed by atoms with Crippen molar-refractivity contribution < 1.29 is 14.2 Å². The summed E-state index contributed by atoms with van der Waals surface area (Å²) in [5, 5.41) is 0.698. The number of hydrogen-bond acceptors (Lipinski definition) is 4. The first-order valence-electron chi connectivity index (χ1n) is 6.75. The van der Waals surface area contributed by atoms with Crippen molar-refractivity contribution in [2.24, 2.45) is 5.73 Å². The standard InChI is InChI=1S/C16H16ClNO3/c17-12-3-1-2-11(6-12)9-19-13-4-5-15-16(7-13)21-14(8-18)10-20-15/h1-7,14H,8-10,18H2/t14-/m1/s1. The second kappa shape index (κ2) is 6.24. The van der Waals surface area contributed by atoms with Crippen LogP contribution in [0.2, 0.25) is 5.02 Å². The average molecular weight is 306 g/mol. The lowest BCUT2D eigenvalue weighted by Crippen LogP contribution is -2.35. The van der Waals surface area contributed by atoms with Crippen LogP contribution in [-0.2, 0) is 6.61 Å². The van der Waals surface area contributed by atoms with Crippen LogP contribution in [0.4, 0.5) is 0 Å². The molecule has 3 rings (SSSR count). The second-order valence-electron chi connectivity index (χ2n) is 4.81. The first-order valence-corrected chi connectivity index (χ1v) is 7.13. The van der Waals surface area contributed by atoms with Crippen molar-refractivity contribution in [1.29, 1.82) is 0 Å². The summed E-state index contributed by atoms with van der Waals surface area (Å²) in [6, 6.07) is 13.1. The third-order valence-electron chi connectivity index (χ3n) is 3.19. The van der Waals surface area contributed by atoms with Crippen LogP contribution in [0.5, 0.6) is 17.2 Å². The van der Waals surface area contributed by atoms with Gasteiger partial charge < -0.3 is 19.9 Å². The van der Waals surface area contributed by atoms with E-state index in [-0.39, 0.29) is 6.10 Å². The van der Waals surface area contributed by atoms with Gasteiger partial charge in [0.1, 0.15) is 25.1 Å². The van der Waals surface area contributed by atoms with Gasteiger partial charge in [-0.05, 0) is 29.8 Å². The Kier molecular flexibility index (Phi) is 4.18. The molecule has 0 unspecified atom stereocenters. The Hall–Kier alpha value is -1.91. The van der Waals surface area contributed by atoms with Gasteiger partial charge in [-0.25, -0.2) is 0 Å². The van der Waals surface area contributed by atoms with Crippen molar-refractivity contribution in [1.82, 2.24) is 0 Å². The lowest BCUT2D eigenvalue weighted by molar-refractivity contribution is 0.0962. The van der Waals surface area contributed by atoms with Gasteiger partial charge in [-0.1, -0.05) is 23.7 Å². The molecule has 1 aliphatic rings. The summed E-state index contributed by atoms with van der Waals surface area (Å²) in [6.45, 7) is 1.35. The Balaban J connectivity index is 1.69.